The van der Waals surface area contributed by atoms with Crippen LogP contribution in [-0.4, -0.2) is 31.2 Å². The molecule has 8 heteroatoms. The van der Waals surface area contributed by atoms with Crippen molar-refractivity contribution in [2.24, 2.45) is 7.05 Å². The van der Waals surface area contributed by atoms with Gasteiger partial charge in [0.05, 0.1) is 30.7 Å². The first-order valence-corrected chi connectivity index (χ1v) is 9.31. The summed E-state index contributed by atoms with van der Waals surface area (Å²) in [6, 6.07) is 9.21. The van der Waals surface area contributed by atoms with Gasteiger partial charge >= 0.3 is 0 Å². The fourth-order valence-electron chi connectivity index (χ4n) is 3.01. The Morgan fingerprint density at radius 3 is 2.79 bits per heavy atom. The van der Waals surface area contributed by atoms with Crippen LogP contribution in [0.4, 0.5) is 0 Å². The van der Waals surface area contributed by atoms with Crippen LogP contribution in [-0.2, 0) is 7.05 Å². The predicted molar refractivity (Wildman–Crippen MR) is 109 cm³/mol. The van der Waals surface area contributed by atoms with Crippen LogP contribution in [0.25, 0.3) is 16.6 Å². The highest BCUT2D eigenvalue weighted by Gasteiger charge is 2.13. The van der Waals surface area contributed by atoms with Crippen LogP contribution in [0.15, 0.2) is 59.9 Å². The summed E-state index contributed by atoms with van der Waals surface area (Å²) in [7, 11) is 1.82. The molecule has 1 aromatic carbocycles. The Morgan fingerprint density at radius 2 is 2.03 bits per heavy atom. The maximum atomic E-state index is 12.3. The minimum absolute atomic E-state index is 0.0325. The van der Waals surface area contributed by atoms with Gasteiger partial charge in [0.15, 0.2) is 0 Å². The van der Waals surface area contributed by atoms with Crippen molar-refractivity contribution in [1.82, 2.24) is 24.5 Å². The lowest BCUT2D eigenvalue weighted by Gasteiger charge is -2.15. The summed E-state index contributed by atoms with van der Waals surface area (Å²) >= 11 is 0. The highest BCUT2D eigenvalue weighted by atomic mass is 16.5. The zero-order valence-electron chi connectivity index (χ0n) is 16.4. The van der Waals surface area contributed by atoms with Gasteiger partial charge in [-0.2, -0.15) is 5.10 Å². The molecule has 0 bridgehead atoms. The first-order chi connectivity index (χ1) is 14.0. The topological polar surface area (TPSA) is 84.1 Å². The number of nitrogens with zero attached hydrogens (tertiary/aromatic N) is 5. The minimum atomic E-state index is -0.375. The van der Waals surface area contributed by atoms with Crippen LogP contribution in [0.5, 0.6) is 11.6 Å². The summed E-state index contributed by atoms with van der Waals surface area (Å²) < 4.78 is 14.7. The maximum absolute atomic E-state index is 12.3. The second-order valence-corrected chi connectivity index (χ2v) is 6.62. The Hall–Kier alpha value is -3.68. The van der Waals surface area contributed by atoms with E-state index < -0.39 is 0 Å². The van der Waals surface area contributed by atoms with E-state index in [0.29, 0.717) is 6.61 Å². The van der Waals surface area contributed by atoms with Crippen LogP contribution in [0.1, 0.15) is 25.5 Å². The van der Waals surface area contributed by atoms with Crippen LogP contribution in [0.3, 0.4) is 0 Å². The molecule has 0 radical (unpaired) electrons. The van der Waals surface area contributed by atoms with Gasteiger partial charge in [-0.05, 0) is 37.6 Å². The molecule has 0 saturated carbocycles. The summed E-state index contributed by atoms with van der Waals surface area (Å²) in [6.07, 6.45) is 6.39. The molecular formula is C21H21N5O3. The molecule has 0 fully saturated rings. The molecule has 3 aromatic heterocycles. The van der Waals surface area contributed by atoms with E-state index in [2.05, 4.69) is 15.2 Å². The fourth-order valence-corrected chi connectivity index (χ4v) is 3.01. The van der Waals surface area contributed by atoms with Crippen molar-refractivity contribution in [2.75, 3.05) is 6.61 Å². The molecule has 0 aliphatic rings. The van der Waals surface area contributed by atoms with Crippen LogP contribution >= 0.6 is 0 Å². The van der Waals surface area contributed by atoms with E-state index >= 15 is 0 Å². The zero-order valence-corrected chi connectivity index (χ0v) is 16.4. The standard InChI is InChI=1S/C21H21N5O3/c1-4-28-18-10-16-9-15(5-6-19(16)22-12-18)14(2)29-21-20(27)7-8-26(24-21)17-11-23-25(3)13-17/h5-14H,4H2,1-3H3. The van der Waals surface area contributed by atoms with Gasteiger partial charge in [0.25, 0.3) is 5.88 Å². The van der Waals surface area contributed by atoms with Crippen LogP contribution in [0.2, 0.25) is 0 Å². The van der Waals surface area contributed by atoms with E-state index in [4.69, 9.17) is 9.47 Å². The summed E-state index contributed by atoms with van der Waals surface area (Å²) in [5.74, 6) is 0.750. The highest BCUT2D eigenvalue weighted by Crippen LogP contribution is 2.24. The summed E-state index contributed by atoms with van der Waals surface area (Å²) in [4.78, 5) is 16.7. The van der Waals surface area contributed by atoms with E-state index in [-0.39, 0.29) is 17.4 Å². The zero-order chi connectivity index (χ0) is 20.4. The Kier molecular flexibility index (Phi) is 4.99. The quantitative estimate of drug-likeness (QED) is 0.502. The Balaban J connectivity index is 1.62. The molecule has 0 amide bonds. The molecule has 0 spiro atoms. The third-order valence-electron chi connectivity index (χ3n) is 4.48. The van der Waals surface area contributed by atoms with Gasteiger partial charge in [-0.25, -0.2) is 4.68 Å². The molecule has 1 atom stereocenters. The highest BCUT2D eigenvalue weighted by molar-refractivity contribution is 5.80. The van der Waals surface area contributed by atoms with Crippen molar-refractivity contribution >= 4 is 10.9 Å². The van der Waals surface area contributed by atoms with Gasteiger partial charge in [0.1, 0.15) is 17.5 Å². The molecule has 8 nitrogen and oxygen atoms in total. The molecular weight excluding hydrogens is 370 g/mol. The fraction of sp³-hybridized carbons (Fsp3) is 0.238. The number of fused-ring (bicyclic) bond motifs is 1. The molecule has 0 aliphatic carbocycles. The average Bonchev–Trinajstić information content (AvgIpc) is 3.15. The Morgan fingerprint density at radius 1 is 1.17 bits per heavy atom. The van der Waals surface area contributed by atoms with Gasteiger partial charge in [-0.1, -0.05) is 6.07 Å². The minimum Gasteiger partial charge on any atom is -0.492 e. The van der Waals surface area contributed by atoms with Gasteiger partial charge in [-0.15, -0.1) is 5.10 Å². The van der Waals surface area contributed by atoms with E-state index in [1.165, 1.54) is 6.07 Å². The molecule has 4 rings (SSSR count). The van der Waals surface area contributed by atoms with Crippen molar-refractivity contribution in [2.45, 2.75) is 20.0 Å². The third kappa shape index (κ3) is 3.96. The van der Waals surface area contributed by atoms with Crippen molar-refractivity contribution in [3.05, 3.63) is 70.9 Å². The van der Waals surface area contributed by atoms with Crippen molar-refractivity contribution in [3.8, 4) is 17.3 Å². The lowest BCUT2D eigenvalue weighted by Crippen LogP contribution is -2.16. The molecule has 29 heavy (non-hydrogen) atoms. The summed E-state index contributed by atoms with van der Waals surface area (Å²) in [5.41, 5.74) is 2.23. The molecule has 148 valence electrons. The number of hydrogen-bond acceptors (Lipinski definition) is 6. The SMILES string of the molecule is CCOc1cnc2ccc(C(C)Oc3nn(-c4cnn(C)c4)ccc3=O)cc2c1. The maximum Gasteiger partial charge on any atom is 0.280 e. The van der Waals surface area contributed by atoms with E-state index in [0.717, 1.165) is 27.9 Å². The number of rotatable bonds is 6. The van der Waals surface area contributed by atoms with Crippen molar-refractivity contribution in [3.63, 3.8) is 0 Å². The summed E-state index contributed by atoms with van der Waals surface area (Å²) in [6.45, 7) is 4.39. The molecule has 3 heterocycles. The number of pyridine rings is 1. The third-order valence-corrected chi connectivity index (χ3v) is 4.48. The second kappa shape index (κ2) is 7.75. The molecule has 0 N–H and O–H groups in total. The summed E-state index contributed by atoms with van der Waals surface area (Å²) in [5, 5.41) is 9.38. The van der Waals surface area contributed by atoms with Gasteiger partial charge in [0, 0.05) is 24.7 Å². The lowest BCUT2D eigenvalue weighted by atomic mass is 10.1. The number of aryl methyl sites for hydroxylation is 1. The number of hydrogen-bond donors (Lipinski definition) is 0. The van der Waals surface area contributed by atoms with E-state index in [9.17, 15) is 4.79 Å². The normalized spacial score (nSPS) is 12.1. The second-order valence-electron chi connectivity index (χ2n) is 6.62. The predicted octanol–water partition coefficient (Wildman–Crippen LogP) is 3.05. The molecule has 0 aliphatic heterocycles. The first-order valence-electron chi connectivity index (χ1n) is 9.31. The molecule has 0 saturated heterocycles. The lowest BCUT2D eigenvalue weighted by molar-refractivity contribution is 0.211. The average molecular weight is 391 g/mol. The monoisotopic (exact) mass is 391 g/mol. The van der Waals surface area contributed by atoms with Gasteiger partial charge in [-0.3, -0.25) is 14.5 Å². The van der Waals surface area contributed by atoms with Gasteiger partial charge < -0.3 is 9.47 Å². The van der Waals surface area contributed by atoms with Crippen molar-refractivity contribution < 1.29 is 9.47 Å². The number of ether oxygens (including phenoxy) is 2. The molecule has 4 aromatic rings. The van der Waals surface area contributed by atoms with Crippen LogP contribution in [0, 0.1) is 0 Å². The number of benzene rings is 1. The smallest absolute Gasteiger partial charge is 0.280 e. The number of aromatic nitrogens is 5. The Labute approximate surface area is 167 Å². The van der Waals surface area contributed by atoms with E-state index in [1.54, 1.807) is 34.2 Å². The van der Waals surface area contributed by atoms with E-state index in [1.807, 2.05) is 45.2 Å². The van der Waals surface area contributed by atoms with Gasteiger partial charge in [0.2, 0.25) is 5.43 Å². The Bertz CT molecular complexity index is 1210. The largest absolute Gasteiger partial charge is 0.492 e. The van der Waals surface area contributed by atoms with Crippen molar-refractivity contribution in [1.29, 1.82) is 0 Å². The first kappa shape index (κ1) is 18.7. The van der Waals surface area contributed by atoms with Crippen LogP contribution < -0.4 is 14.9 Å². The molecule has 1 unspecified atom stereocenters.